The Morgan fingerprint density at radius 1 is 1.30 bits per heavy atom. The van der Waals surface area contributed by atoms with E-state index in [4.69, 9.17) is 4.74 Å². The number of nitrogens with zero attached hydrogens (tertiary/aromatic N) is 2. The van der Waals surface area contributed by atoms with Gasteiger partial charge in [-0.15, -0.1) is 11.3 Å². The predicted molar refractivity (Wildman–Crippen MR) is 91.2 cm³/mol. The molecule has 2 rings (SSSR count). The minimum Gasteiger partial charge on any atom is -0.385 e. The third-order valence-corrected chi connectivity index (χ3v) is 6.89. The van der Waals surface area contributed by atoms with E-state index < -0.39 is 10.0 Å². The summed E-state index contributed by atoms with van der Waals surface area (Å²) in [6.45, 7) is 4.14. The molecule has 1 saturated heterocycles. The first kappa shape index (κ1) is 18.4. The number of sulfonamides is 1. The second kappa shape index (κ2) is 8.23. The van der Waals surface area contributed by atoms with Crippen molar-refractivity contribution >= 4 is 27.3 Å². The minimum absolute atomic E-state index is 0.0722. The van der Waals surface area contributed by atoms with E-state index in [0.717, 1.165) is 10.4 Å². The first-order chi connectivity index (χ1) is 10.9. The van der Waals surface area contributed by atoms with E-state index in [9.17, 15) is 13.2 Å². The van der Waals surface area contributed by atoms with E-state index in [-0.39, 0.29) is 11.7 Å². The smallest absolute Gasteiger partial charge is 0.227 e. The Bertz CT molecular complexity index is 619. The van der Waals surface area contributed by atoms with Gasteiger partial charge in [0.15, 0.2) is 0 Å². The van der Waals surface area contributed by atoms with Crippen molar-refractivity contribution in [2.75, 3.05) is 45.6 Å². The fourth-order valence-corrected chi connectivity index (χ4v) is 4.79. The lowest BCUT2D eigenvalue weighted by Gasteiger charge is -2.34. The molecule has 0 N–H and O–H groups in total. The maximum atomic E-state index is 12.3. The number of hydrogen-bond acceptors (Lipinski definition) is 5. The number of methoxy groups -OCH3 is 1. The molecule has 0 radical (unpaired) electrons. The van der Waals surface area contributed by atoms with Crippen LogP contribution in [-0.4, -0.2) is 69.2 Å². The van der Waals surface area contributed by atoms with E-state index in [2.05, 4.69) is 0 Å². The summed E-state index contributed by atoms with van der Waals surface area (Å²) in [6.07, 6.45) is 0.894. The van der Waals surface area contributed by atoms with Crippen LogP contribution in [0.3, 0.4) is 0 Å². The Kier molecular flexibility index (Phi) is 6.58. The number of rotatable bonds is 7. The van der Waals surface area contributed by atoms with Gasteiger partial charge in [0.05, 0.1) is 12.2 Å². The highest BCUT2D eigenvalue weighted by molar-refractivity contribution is 7.89. The highest BCUT2D eigenvalue weighted by Crippen LogP contribution is 2.17. The summed E-state index contributed by atoms with van der Waals surface area (Å²) < 4.78 is 30.8. The van der Waals surface area contributed by atoms with Gasteiger partial charge in [0.2, 0.25) is 15.9 Å². The monoisotopic (exact) mass is 360 g/mol. The average molecular weight is 361 g/mol. The summed E-state index contributed by atoms with van der Waals surface area (Å²) in [7, 11) is -1.68. The molecule has 8 heteroatoms. The van der Waals surface area contributed by atoms with Gasteiger partial charge in [-0.05, 0) is 30.4 Å². The molecular weight excluding hydrogens is 336 g/mol. The van der Waals surface area contributed by atoms with Crippen LogP contribution in [0, 0.1) is 6.92 Å². The van der Waals surface area contributed by atoms with Crippen LogP contribution >= 0.6 is 11.3 Å². The van der Waals surface area contributed by atoms with Crippen LogP contribution in [-0.2, 0) is 26.0 Å². The van der Waals surface area contributed by atoms with E-state index in [1.807, 2.05) is 18.4 Å². The van der Waals surface area contributed by atoms with Crippen LogP contribution in [0.4, 0.5) is 0 Å². The summed E-state index contributed by atoms with van der Waals surface area (Å²) in [5, 5.41) is 1.99. The number of carbonyl (C=O) groups is 1. The van der Waals surface area contributed by atoms with Gasteiger partial charge >= 0.3 is 0 Å². The number of aryl methyl sites for hydroxylation is 1. The van der Waals surface area contributed by atoms with E-state index in [1.54, 1.807) is 23.3 Å². The van der Waals surface area contributed by atoms with Crippen molar-refractivity contribution in [3.05, 3.63) is 21.9 Å². The van der Waals surface area contributed by atoms with E-state index in [1.165, 1.54) is 4.31 Å². The van der Waals surface area contributed by atoms with Crippen molar-refractivity contribution in [2.45, 2.75) is 19.8 Å². The molecule has 1 fully saturated rings. The van der Waals surface area contributed by atoms with Crippen LogP contribution in [0.1, 0.15) is 16.9 Å². The van der Waals surface area contributed by atoms with Gasteiger partial charge in [0.1, 0.15) is 0 Å². The molecule has 0 unspecified atom stereocenters. The number of hydrogen-bond donors (Lipinski definition) is 0. The SMILES string of the molecule is COCCCS(=O)(=O)N1CCN(C(=O)Cc2ccsc2C)CC1. The molecule has 2 heterocycles. The highest BCUT2D eigenvalue weighted by atomic mass is 32.2. The lowest BCUT2D eigenvalue weighted by Crippen LogP contribution is -2.51. The molecule has 23 heavy (non-hydrogen) atoms. The van der Waals surface area contributed by atoms with Crippen molar-refractivity contribution in [1.82, 2.24) is 9.21 Å². The molecule has 130 valence electrons. The van der Waals surface area contributed by atoms with Crippen LogP contribution < -0.4 is 0 Å². The second-order valence-electron chi connectivity index (χ2n) is 5.62. The molecule has 6 nitrogen and oxygen atoms in total. The highest BCUT2D eigenvalue weighted by Gasteiger charge is 2.28. The molecule has 0 spiro atoms. The molecule has 1 aliphatic rings. The molecule has 0 saturated carbocycles. The predicted octanol–water partition coefficient (Wildman–Crippen LogP) is 1.11. The van der Waals surface area contributed by atoms with Crippen LogP contribution in [0.25, 0.3) is 0 Å². The first-order valence-electron chi connectivity index (χ1n) is 7.71. The maximum absolute atomic E-state index is 12.3. The summed E-state index contributed by atoms with van der Waals surface area (Å²) >= 11 is 1.64. The van der Waals surface area contributed by atoms with Crippen molar-refractivity contribution in [1.29, 1.82) is 0 Å². The topological polar surface area (TPSA) is 66.9 Å². The van der Waals surface area contributed by atoms with Crippen molar-refractivity contribution in [2.24, 2.45) is 0 Å². The summed E-state index contributed by atoms with van der Waals surface area (Å²) in [4.78, 5) is 15.3. The second-order valence-corrected chi connectivity index (χ2v) is 8.83. The fourth-order valence-electron chi connectivity index (χ4n) is 2.60. The molecule has 1 aromatic heterocycles. The Hall–Kier alpha value is -0.960. The molecule has 0 atom stereocenters. The third kappa shape index (κ3) is 5.00. The van der Waals surface area contributed by atoms with Gasteiger partial charge in [-0.25, -0.2) is 8.42 Å². The Morgan fingerprint density at radius 3 is 2.57 bits per heavy atom. The van der Waals surface area contributed by atoms with Gasteiger partial charge in [-0.1, -0.05) is 0 Å². The number of thiophene rings is 1. The standard InChI is InChI=1S/C15H24N2O4S2/c1-13-14(4-10-22-13)12-15(18)16-5-7-17(8-6-16)23(19,20)11-3-9-21-2/h4,10H,3,5-9,11-12H2,1-2H3. The average Bonchev–Trinajstić information content (AvgIpc) is 2.93. The number of ether oxygens (including phenoxy) is 1. The quantitative estimate of drug-likeness (QED) is 0.683. The molecule has 0 aliphatic carbocycles. The van der Waals surface area contributed by atoms with Crippen molar-refractivity contribution in [3.8, 4) is 0 Å². The molecule has 0 bridgehead atoms. The van der Waals surface area contributed by atoms with E-state index in [0.29, 0.717) is 45.6 Å². The molecule has 1 amide bonds. The largest absolute Gasteiger partial charge is 0.385 e. The third-order valence-electron chi connectivity index (χ3n) is 4.04. The van der Waals surface area contributed by atoms with Crippen LogP contribution in [0.15, 0.2) is 11.4 Å². The molecular formula is C15H24N2O4S2. The van der Waals surface area contributed by atoms with Crippen LogP contribution in [0.5, 0.6) is 0 Å². The van der Waals surface area contributed by atoms with Gasteiger partial charge < -0.3 is 9.64 Å². The Balaban J connectivity index is 1.83. The zero-order valence-corrected chi connectivity index (χ0v) is 15.3. The zero-order valence-electron chi connectivity index (χ0n) is 13.7. The molecule has 1 aliphatic heterocycles. The Labute approximate surface area is 142 Å². The maximum Gasteiger partial charge on any atom is 0.227 e. The first-order valence-corrected chi connectivity index (χ1v) is 10.2. The number of piperazine rings is 1. The lowest BCUT2D eigenvalue weighted by molar-refractivity contribution is -0.131. The normalized spacial score (nSPS) is 16.7. The van der Waals surface area contributed by atoms with Gasteiger partial charge in [0.25, 0.3) is 0 Å². The fraction of sp³-hybridized carbons (Fsp3) is 0.667. The summed E-state index contributed by atoms with van der Waals surface area (Å²) in [5.74, 6) is 0.172. The molecule has 0 aromatic carbocycles. The summed E-state index contributed by atoms with van der Waals surface area (Å²) in [5.41, 5.74) is 1.06. The number of amides is 1. The van der Waals surface area contributed by atoms with E-state index >= 15 is 0 Å². The lowest BCUT2D eigenvalue weighted by atomic mass is 10.1. The summed E-state index contributed by atoms with van der Waals surface area (Å²) in [6, 6.07) is 1.98. The number of carbonyl (C=O) groups excluding carboxylic acids is 1. The molecule has 1 aromatic rings. The van der Waals surface area contributed by atoms with Crippen LogP contribution in [0.2, 0.25) is 0 Å². The van der Waals surface area contributed by atoms with Gasteiger partial charge in [0, 0.05) is 44.8 Å². The van der Waals surface area contributed by atoms with Gasteiger partial charge in [-0.2, -0.15) is 4.31 Å². The Morgan fingerprint density at radius 2 is 2.00 bits per heavy atom. The zero-order chi connectivity index (χ0) is 16.9. The van der Waals surface area contributed by atoms with Crippen molar-refractivity contribution in [3.63, 3.8) is 0 Å². The minimum atomic E-state index is -3.24. The van der Waals surface area contributed by atoms with Crippen molar-refractivity contribution < 1.29 is 17.9 Å². The van der Waals surface area contributed by atoms with Gasteiger partial charge in [-0.3, -0.25) is 4.79 Å².